The number of nitrogens with zero attached hydrogens (tertiary/aromatic N) is 3. The van der Waals surface area contributed by atoms with Crippen LogP contribution in [-0.2, 0) is 11.3 Å². The molecule has 0 aliphatic carbocycles. The van der Waals surface area contributed by atoms with E-state index in [2.05, 4.69) is 39.9 Å². The zero-order chi connectivity index (χ0) is 27.4. The largest absolute Gasteiger partial charge is 0.382 e. The average Bonchev–Trinajstić information content (AvgIpc) is 3.63. The Hall–Kier alpha value is -3.47. The van der Waals surface area contributed by atoms with Gasteiger partial charge in [-0.25, -0.2) is 18.7 Å². The van der Waals surface area contributed by atoms with Gasteiger partial charge in [-0.3, -0.25) is 0 Å². The predicted molar refractivity (Wildman–Crippen MR) is 152 cm³/mol. The van der Waals surface area contributed by atoms with E-state index in [1.165, 1.54) is 17.9 Å². The first-order valence-corrected chi connectivity index (χ1v) is 14.2. The first-order valence-electron chi connectivity index (χ1n) is 12.9. The summed E-state index contributed by atoms with van der Waals surface area (Å²) in [6, 6.07) is 14.7. The Morgan fingerprint density at radius 3 is 2.69 bits per heavy atom. The smallest absolute Gasteiger partial charge is 0.189 e. The number of nitrogens with one attached hydrogen (secondary N) is 1. The lowest BCUT2D eigenvalue weighted by molar-refractivity contribution is 0.199. The van der Waals surface area contributed by atoms with Gasteiger partial charge in [0, 0.05) is 47.0 Å². The number of halogens is 2. The second-order valence-electron chi connectivity index (χ2n) is 9.41. The molecule has 4 aromatic rings. The van der Waals surface area contributed by atoms with Crippen LogP contribution in [0.3, 0.4) is 0 Å². The lowest BCUT2D eigenvalue weighted by Crippen LogP contribution is -2.21. The van der Waals surface area contributed by atoms with Crippen molar-refractivity contribution < 1.29 is 18.0 Å². The number of nitrogen functional groups attached to an aromatic ring is 1. The summed E-state index contributed by atoms with van der Waals surface area (Å²) >= 11 is 0. The Morgan fingerprint density at radius 1 is 1.18 bits per heavy atom. The highest BCUT2D eigenvalue weighted by molar-refractivity contribution is 8.15. The lowest BCUT2D eigenvalue weighted by atomic mass is 10.1. The minimum absolute atomic E-state index is 0.0259. The summed E-state index contributed by atoms with van der Waals surface area (Å²) in [6.07, 6.45) is 1.73. The second-order valence-corrected chi connectivity index (χ2v) is 11.8. The number of alkyl halides is 1. The van der Waals surface area contributed by atoms with Gasteiger partial charge in [0.15, 0.2) is 17.3 Å². The molecule has 39 heavy (non-hydrogen) atoms. The first-order chi connectivity index (χ1) is 18.9. The minimum atomic E-state index is -0.972. The van der Waals surface area contributed by atoms with Crippen LogP contribution >= 0.6 is 10.5 Å². The van der Waals surface area contributed by atoms with E-state index in [-0.39, 0.29) is 28.4 Å². The van der Waals surface area contributed by atoms with Crippen molar-refractivity contribution in [2.24, 2.45) is 0 Å². The summed E-state index contributed by atoms with van der Waals surface area (Å²) < 4.78 is 39.0. The third-order valence-corrected chi connectivity index (χ3v) is 8.95. The van der Waals surface area contributed by atoms with Crippen molar-refractivity contribution in [1.82, 2.24) is 20.4 Å². The SMILES string of the molecule is C/C=S(\c1ccc(-c2cnc(N)c(-c3cc(-c4ccc(CNCC(C)F)cc4F)no3)n2)cc1)C1CCOC1. The standard InChI is InChI=1S/C29H31F2N5O2S/c1-3-39(22-10-11-37-17-22)21-7-5-20(6-8-21)26-16-34-29(32)28(35-26)27-13-25(36-38-27)23-9-4-19(12-24(23)31)15-33-14-18(2)30/h3-9,12-13,16,18,22,33H,10-11,14-15,17H2,1-2H3,(H2,32,34). The van der Waals surface area contributed by atoms with Gasteiger partial charge in [-0.05, 0) is 50.1 Å². The molecule has 0 radical (unpaired) electrons. The van der Waals surface area contributed by atoms with Gasteiger partial charge >= 0.3 is 0 Å². The Kier molecular flexibility index (Phi) is 8.44. The molecule has 3 atom stereocenters. The number of hydrogen-bond acceptors (Lipinski definition) is 7. The van der Waals surface area contributed by atoms with Crippen LogP contribution in [0.15, 0.2) is 64.1 Å². The molecule has 0 spiro atoms. The van der Waals surface area contributed by atoms with Crippen LogP contribution < -0.4 is 11.1 Å². The molecule has 1 fully saturated rings. The van der Waals surface area contributed by atoms with Crippen LogP contribution in [0.4, 0.5) is 14.6 Å². The van der Waals surface area contributed by atoms with E-state index in [4.69, 9.17) is 20.0 Å². The van der Waals surface area contributed by atoms with Crippen LogP contribution in [0.25, 0.3) is 34.0 Å². The molecule has 2 aromatic heterocycles. The number of nitrogens with two attached hydrogens (primary N) is 1. The van der Waals surface area contributed by atoms with E-state index in [9.17, 15) is 8.78 Å². The second kappa shape index (κ2) is 12.1. The molecular weight excluding hydrogens is 520 g/mol. The number of hydrogen-bond donors (Lipinski definition) is 2. The number of ether oxygens (including phenoxy) is 1. The summed E-state index contributed by atoms with van der Waals surface area (Å²) in [5.41, 5.74) is 9.30. The van der Waals surface area contributed by atoms with E-state index in [0.717, 1.165) is 25.2 Å². The molecular formula is C29H31F2N5O2S. The highest BCUT2D eigenvalue weighted by atomic mass is 32.2. The Labute approximate surface area is 228 Å². The Bertz CT molecular complexity index is 1470. The van der Waals surface area contributed by atoms with Crippen LogP contribution in [0.5, 0.6) is 0 Å². The topological polar surface area (TPSA) is 99.1 Å². The molecule has 3 heterocycles. The molecule has 2 aromatic carbocycles. The molecule has 3 unspecified atom stereocenters. The third-order valence-electron chi connectivity index (χ3n) is 6.53. The van der Waals surface area contributed by atoms with E-state index >= 15 is 0 Å². The molecule has 204 valence electrons. The molecule has 0 bridgehead atoms. The normalized spacial score (nSPS) is 17.0. The molecule has 5 rings (SSSR count). The van der Waals surface area contributed by atoms with E-state index in [1.807, 2.05) is 12.1 Å². The highest BCUT2D eigenvalue weighted by Gasteiger charge is 2.20. The van der Waals surface area contributed by atoms with Crippen LogP contribution in [0.2, 0.25) is 0 Å². The maximum absolute atomic E-state index is 14.9. The molecule has 0 amide bonds. The van der Waals surface area contributed by atoms with Crippen LogP contribution in [0, 0.1) is 5.82 Å². The zero-order valence-corrected chi connectivity index (χ0v) is 22.7. The van der Waals surface area contributed by atoms with Gasteiger partial charge in [0.2, 0.25) is 0 Å². The quantitative estimate of drug-likeness (QED) is 0.251. The maximum Gasteiger partial charge on any atom is 0.189 e. The Balaban J connectivity index is 1.35. The number of aromatic nitrogens is 3. The molecule has 1 aliphatic rings. The van der Waals surface area contributed by atoms with Gasteiger partial charge in [0.25, 0.3) is 0 Å². The van der Waals surface area contributed by atoms with Crippen molar-refractivity contribution >= 4 is 21.7 Å². The predicted octanol–water partition coefficient (Wildman–Crippen LogP) is 5.87. The van der Waals surface area contributed by atoms with E-state index in [0.29, 0.717) is 40.2 Å². The van der Waals surface area contributed by atoms with Gasteiger partial charge in [-0.2, -0.15) is 10.5 Å². The average molecular weight is 552 g/mol. The summed E-state index contributed by atoms with van der Waals surface area (Å²) in [6.45, 7) is 5.76. The molecule has 0 saturated carbocycles. The summed E-state index contributed by atoms with van der Waals surface area (Å²) in [5, 5.41) is 9.78. The van der Waals surface area contributed by atoms with Gasteiger partial charge < -0.3 is 20.3 Å². The number of benzene rings is 2. The van der Waals surface area contributed by atoms with Gasteiger partial charge in [0.1, 0.15) is 17.7 Å². The minimum Gasteiger partial charge on any atom is -0.382 e. The van der Waals surface area contributed by atoms with Crippen LogP contribution in [-0.4, -0.2) is 51.7 Å². The maximum atomic E-state index is 14.9. The highest BCUT2D eigenvalue weighted by Crippen LogP contribution is 2.37. The van der Waals surface area contributed by atoms with Crippen molar-refractivity contribution in [3.05, 3.63) is 66.1 Å². The van der Waals surface area contributed by atoms with Gasteiger partial charge in [-0.1, -0.05) is 28.7 Å². The fraction of sp³-hybridized carbons (Fsp3) is 0.310. The number of anilines is 1. The van der Waals surface area contributed by atoms with Crippen molar-refractivity contribution in [2.75, 3.05) is 25.5 Å². The van der Waals surface area contributed by atoms with E-state index < -0.39 is 12.0 Å². The van der Waals surface area contributed by atoms with Crippen molar-refractivity contribution in [3.8, 4) is 34.0 Å². The fourth-order valence-electron chi connectivity index (χ4n) is 4.54. The molecule has 7 nitrogen and oxygen atoms in total. The van der Waals surface area contributed by atoms with Crippen molar-refractivity contribution in [1.29, 1.82) is 0 Å². The third kappa shape index (κ3) is 6.24. The van der Waals surface area contributed by atoms with Crippen molar-refractivity contribution in [2.45, 2.75) is 43.1 Å². The molecule has 1 aliphatic heterocycles. The van der Waals surface area contributed by atoms with Crippen LogP contribution in [0.1, 0.15) is 25.8 Å². The lowest BCUT2D eigenvalue weighted by Gasteiger charge is -2.15. The van der Waals surface area contributed by atoms with E-state index in [1.54, 1.807) is 24.4 Å². The fourth-order valence-corrected chi connectivity index (χ4v) is 6.63. The summed E-state index contributed by atoms with van der Waals surface area (Å²) in [7, 11) is 0.0259. The first kappa shape index (κ1) is 27.1. The summed E-state index contributed by atoms with van der Waals surface area (Å²) in [5.74, 6) is 0.0205. The van der Waals surface area contributed by atoms with Gasteiger partial charge in [0.05, 0.1) is 18.5 Å². The van der Waals surface area contributed by atoms with Crippen molar-refractivity contribution in [3.63, 3.8) is 0 Å². The molecule has 3 N–H and O–H groups in total. The number of rotatable bonds is 9. The Morgan fingerprint density at radius 2 is 2.00 bits per heavy atom. The molecule has 10 heteroatoms. The van der Waals surface area contributed by atoms with Gasteiger partial charge in [-0.15, -0.1) is 0 Å². The zero-order valence-electron chi connectivity index (χ0n) is 21.9. The molecule has 1 saturated heterocycles. The summed E-state index contributed by atoms with van der Waals surface area (Å²) in [4.78, 5) is 10.3. The monoisotopic (exact) mass is 551 g/mol.